The van der Waals surface area contributed by atoms with Crippen LogP contribution in [-0.4, -0.2) is 10.3 Å². The zero-order chi connectivity index (χ0) is 15.8. The van der Waals surface area contributed by atoms with Crippen molar-refractivity contribution in [2.24, 2.45) is 7.05 Å². The van der Waals surface area contributed by atoms with Crippen LogP contribution >= 0.6 is 27.7 Å². The summed E-state index contributed by atoms with van der Waals surface area (Å²) in [6.45, 7) is 0. The summed E-state index contributed by atoms with van der Waals surface area (Å²) in [5, 5.41) is 2.64. The van der Waals surface area contributed by atoms with E-state index < -0.39 is 0 Å². The number of thioether (sulfide) groups is 1. The molecule has 2 heterocycles. The SMILES string of the molecule is Cn1c2c(c3ccccc31)/C(=C/Oc1ccccc1Br)CCS2. The predicted molar refractivity (Wildman–Crippen MR) is 101 cm³/mol. The van der Waals surface area contributed by atoms with E-state index in [2.05, 4.69) is 51.8 Å². The fourth-order valence-corrected chi connectivity index (χ4v) is 4.60. The highest BCUT2D eigenvalue weighted by Crippen LogP contribution is 2.43. The Bertz CT molecular complexity index is 913. The van der Waals surface area contributed by atoms with Crippen LogP contribution in [-0.2, 0) is 7.05 Å². The number of aromatic nitrogens is 1. The van der Waals surface area contributed by atoms with E-state index in [4.69, 9.17) is 4.74 Å². The summed E-state index contributed by atoms with van der Waals surface area (Å²) in [5.41, 5.74) is 3.87. The van der Waals surface area contributed by atoms with Gasteiger partial charge in [-0.25, -0.2) is 0 Å². The van der Waals surface area contributed by atoms with Crippen molar-refractivity contribution in [2.45, 2.75) is 11.4 Å². The molecule has 1 aromatic heterocycles. The van der Waals surface area contributed by atoms with Crippen LogP contribution in [0.15, 0.2) is 64.3 Å². The topological polar surface area (TPSA) is 14.2 Å². The Kier molecular flexibility index (Phi) is 3.95. The maximum atomic E-state index is 5.96. The number of rotatable bonds is 2. The largest absolute Gasteiger partial charge is 0.464 e. The van der Waals surface area contributed by atoms with Crippen molar-refractivity contribution in [3.05, 3.63) is 64.8 Å². The highest BCUT2D eigenvalue weighted by molar-refractivity contribution is 9.10. The zero-order valence-corrected chi connectivity index (χ0v) is 15.2. The van der Waals surface area contributed by atoms with Gasteiger partial charge in [-0.05, 0) is 46.1 Å². The second-order valence-corrected chi connectivity index (χ2v) is 7.48. The molecule has 2 aromatic carbocycles. The normalized spacial score (nSPS) is 15.8. The van der Waals surface area contributed by atoms with Crippen molar-refractivity contribution >= 4 is 44.2 Å². The lowest BCUT2D eigenvalue weighted by atomic mass is 10.0. The highest BCUT2D eigenvalue weighted by Gasteiger charge is 2.22. The van der Waals surface area contributed by atoms with Crippen LogP contribution in [0.1, 0.15) is 12.0 Å². The lowest BCUT2D eigenvalue weighted by Crippen LogP contribution is -2.01. The molecule has 1 aliphatic heterocycles. The third kappa shape index (κ3) is 2.60. The fourth-order valence-electron chi connectivity index (χ4n) is 3.02. The first kappa shape index (κ1) is 14.9. The van der Waals surface area contributed by atoms with Gasteiger partial charge in [0.1, 0.15) is 5.75 Å². The molecule has 0 bridgehead atoms. The third-order valence-corrected chi connectivity index (χ3v) is 5.96. The summed E-state index contributed by atoms with van der Waals surface area (Å²) >= 11 is 5.46. The molecule has 3 aromatic rings. The number of benzene rings is 2. The molecule has 0 amide bonds. The van der Waals surface area contributed by atoms with Crippen molar-refractivity contribution in [3.63, 3.8) is 0 Å². The monoisotopic (exact) mass is 385 g/mol. The smallest absolute Gasteiger partial charge is 0.140 e. The van der Waals surface area contributed by atoms with Crippen molar-refractivity contribution in [1.29, 1.82) is 0 Å². The van der Waals surface area contributed by atoms with Crippen LogP contribution in [0.25, 0.3) is 16.5 Å². The molecule has 116 valence electrons. The Hall–Kier alpha value is -1.65. The van der Waals surface area contributed by atoms with E-state index >= 15 is 0 Å². The number of allylic oxidation sites excluding steroid dienone is 1. The van der Waals surface area contributed by atoms with E-state index in [9.17, 15) is 0 Å². The van der Waals surface area contributed by atoms with Crippen LogP contribution in [0, 0.1) is 0 Å². The van der Waals surface area contributed by atoms with Crippen LogP contribution < -0.4 is 4.74 Å². The van der Waals surface area contributed by atoms with Gasteiger partial charge in [-0.2, -0.15) is 0 Å². The summed E-state index contributed by atoms with van der Waals surface area (Å²) in [6, 6.07) is 16.5. The summed E-state index contributed by atoms with van der Waals surface area (Å²) in [5.74, 6) is 1.93. The number of ether oxygens (including phenoxy) is 1. The Labute approximate surface area is 148 Å². The summed E-state index contributed by atoms with van der Waals surface area (Å²) in [7, 11) is 2.14. The number of nitrogens with zero attached hydrogens (tertiary/aromatic N) is 1. The van der Waals surface area contributed by atoms with Gasteiger partial charge in [0.05, 0.1) is 15.8 Å². The fraction of sp³-hybridized carbons (Fsp3) is 0.158. The van der Waals surface area contributed by atoms with E-state index in [1.165, 1.54) is 27.1 Å². The quantitative estimate of drug-likeness (QED) is 0.513. The molecule has 0 radical (unpaired) electrons. The lowest BCUT2D eigenvalue weighted by Gasteiger charge is -2.16. The summed E-state index contributed by atoms with van der Waals surface area (Å²) < 4.78 is 9.23. The van der Waals surface area contributed by atoms with Gasteiger partial charge >= 0.3 is 0 Å². The molecule has 2 nitrogen and oxygen atoms in total. The number of halogens is 1. The Balaban J connectivity index is 1.80. The third-order valence-electron chi connectivity index (χ3n) is 4.15. The van der Waals surface area contributed by atoms with Crippen LogP contribution in [0.2, 0.25) is 0 Å². The van der Waals surface area contributed by atoms with Gasteiger partial charge in [0, 0.05) is 29.3 Å². The maximum Gasteiger partial charge on any atom is 0.140 e. The minimum absolute atomic E-state index is 0.847. The number of hydrogen-bond acceptors (Lipinski definition) is 2. The molecule has 0 saturated carbocycles. The van der Waals surface area contributed by atoms with Gasteiger partial charge in [-0.15, -0.1) is 11.8 Å². The van der Waals surface area contributed by atoms with Gasteiger partial charge < -0.3 is 9.30 Å². The average molecular weight is 386 g/mol. The first-order chi connectivity index (χ1) is 11.3. The van der Waals surface area contributed by atoms with E-state index in [0.717, 1.165) is 22.4 Å². The summed E-state index contributed by atoms with van der Waals surface area (Å²) in [6.07, 6.45) is 2.95. The van der Waals surface area contributed by atoms with Gasteiger partial charge in [0.15, 0.2) is 0 Å². The van der Waals surface area contributed by atoms with Gasteiger partial charge in [0.2, 0.25) is 0 Å². The molecule has 1 aliphatic rings. The Morgan fingerprint density at radius 2 is 1.91 bits per heavy atom. The number of hydrogen-bond donors (Lipinski definition) is 0. The first-order valence-corrected chi connectivity index (χ1v) is 9.34. The molecule has 0 saturated heterocycles. The lowest BCUT2D eigenvalue weighted by molar-refractivity contribution is 0.479. The molecular formula is C19H16BrNOS. The summed E-state index contributed by atoms with van der Waals surface area (Å²) in [4.78, 5) is 0. The van der Waals surface area contributed by atoms with Crippen molar-refractivity contribution in [3.8, 4) is 5.75 Å². The van der Waals surface area contributed by atoms with Gasteiger partial charge in [-0.3, -0.25) is 0 Å². The van der Waals surface area contributed by atoms with Crippen molar-refractivity contribution in [2.75, 3.05) is 5.75 Å². The van der Waals surface area contributed by atoms with Gasteiger partial charge in [0.25, 0.3) is 0 Å². The van der Waals surface area contributed by atoms with E-state index in [1.807, 2.05) is 42.3 Å². The van der Waals surface area contributed by atoms with E-state index in [-0.39, 0.29) is 0 Å². The Morgan fingerprint density at radius 3 is 2.78 bits per heavy atom. The molecule has 0 fully saturated rings. The second-order valence-electron chi connectivity index (χ2n) is 5.55. The van der Waals surface area contributed by atoms with E-state index in [0.29, 0.717) is 0 Å². The number of para-hydroxylation sites is 2. The second kappa shape index (κ2) is 6.10. The van der Waals surface area contributed by atoms with Crippen LogP contribution in [0.5, 0.6) is 5.75 Å². The van der Waals surface area contributed by atoms with Crippen LogP contribution in [0.3, 0.4) is 0 Å². The molecule has 4 heteroatoms. The van der Waals surface area contributed by atoms with Crippen molar-refractivity contribution in [1.82, 2.24) is 4.57 Å². The van der Waals surface area contributed by atoms with Crippen molar-refractivity contribution < 1.29 is 4.74 Å². The standard InChI is InChI=1S/C19H16BrNOS/c1-21-16-8-4-2-6-14(16)18-13(10-11-23-19(18)21)12-22-17-9-5-3-7-15(17)20/h2-9,12H,10-11H2,1H3/b13-12+. The first-order valence-electron chi connectivity index (χ1n) is 7.56. The van der Waals surface area contributed by atoms with E-state index in [1.54, 1.807) is 0 Å². The molecule has 0 aliphatic carbocycles. The number of fused-ring (bicyclic) bond motifs is 3. The van der Waals surface area contributed by atoms with Crippen LogP contribution in [0.4, 0.5) is 0 Å². The number of aryl methyl sites for hydroxylation is 1. The Morgan fingerprint density at radius 1 is 1.13 bits per heavy atom. The average Bonchev–Trinajstić information content (AvgIpc) is 2.88. The molecule has 0 spiro atoms. The molecular weight excluding hydrogens is 370 g/mol. The minimum Gasteiger partial charge on any atom is -0.464 e. The van der Waals surface area contributed by atoms with Gasteiger partial charge in [-0.1, -0.05) is 30.3 Å². The maximum absolute atomic E-state index is 5.96. The molecule has 0 N–H and O–H groups in total. The molecule has 0 unspecified atom stereocenters. The predicted octanol–water partition coefficient (Wildman–Crippen LogP) is 5.86. The molecule has 0 atom stereocenters. The molecule has 23 heavy (non-hydrogen) atoms. The highest BCUT2D eigenvalue weighted by atomic mass is 79.9. The minimum atomic E-state index is 0.847. The molecule has 4 rings (SSSR count). The zero-order valence-electron chi connectivity index (χ0n) is 12.8.